The van der Waals surface area contributed by atoms with Gasteiger partial charge in [0.05, 0.1) is 19.8 Å². The lowest BCUT2D eigenvalue weighted by Gasteiger charge is -2.12. The quantitative estimate of drug-likeness (QED) is 0.803. The van der Waals surface area contributed by atoms with Crippen molar-refractivity contribution in [2.45, 2.75) is 6.42 Å². The number of halogens is 1. The Kier molecular flexibility index (Phi) is 4.58. The smallest absolute Gasteiger partial charge is 0.171 e. The lowest BCUT2D eigenvalue weighted by molar-refractivity contribution is 0.0982. The highest BCUT2D eigenvalue weighted by atomic mass is 35.5. The van der Waals surface area contributed by atoms with E-state index in [1.165, 1.54) is 14.2 Å². The molecule has 0 aromatic heterocycles. The van der Waals surface area contributed by atoms with Crippen LogP contribution < -0.4 is 15.2 Å². The Balaban J connectivity index is 3.24. The predicted octanol–water partition coefficient (Wildman–Crippen LogP) is 1.89. The van der Waals surface area contributed by atoms with Crippen LogP contribution in [-0.2, 0) is 0 Å². The Bertz CT molecular complexity index is 393. The number of benzene rings is 1. The van der Waals surface area contributed by atoms with Crippen LogP contribution in [0.1, 0.15) is 16.8 Å². The van der Waals surface area contributed by atoms with Gasteiger partial charge < -0.3 is 15.2 Å². The molecule has 4 nitrogen and oxygen atoms in total. The van der Waals surface area contributed by atoms with Gasteiger partial charge in [0.1, 0.15) is 0 Å². The summed E-state index contributed by atoms with van der Waals surface area (Å²) in [6.07, 6.45) is 0.250. The molecule has 0 radical (unpaired) electrons. The third-order valence-electron chi connectivity index (χ3n) is 2.12. The number of methoxy groups -OCH3 is 2. The number of carbonyl (C=O) groups is 1. The van der Waals surface area contributed by atoms with Crippen LogP contribution in [0.4, 0.5) is 0 Å². The minimum Gasteiger partial charge on any atom is -0.493 e. The fraction of sp³-hybridized carbons (Fsp3) is 0.364. The van der Waals surface area contributed by atoms with Gasteiger partial charge in [-0.05, 0) is 12.6 Å². The van der Waals surface area contributed by atoms with Crippen molar-refractivity contribution in [1.82, 2.24) is 0 Å². The average Bonchev–Trinajstić information content (AvgIpc) is 2.28. The molecule has 0 heterocycles. The van der Waals surface area contributed by atoms with Crippen LogP contribution >= 0.6 is 11.6 Å². The number of ether oxygens (including phenoxy) is 2. The summed E-state index contributed by atoms with van der Waals surface area (Å²) in [5.41, 5.74) is 5.74. The minimum atomic E-state index is -0.111. The third kappa shape index (κ3) is 2.65. The summed E-state index contributed by atoms with van der Waals surface area (Å²) in [6, 6.07) is 3.15. The molecule has 1 aromatic rings. The number of ketones is 1. The van der Waals surface area contributed by atoms with Gasteiger partial charge in [0.2, 0.25) is 0 Å². The van der Waals surface area contributed by atoms with Gasteiger partial charge in [-0.3, -0.25) is 4.79 Å². The maximum atomic E-state index is 11.8. The number of rotatable bonds is 5. The Morgan fingerprint density at radius 2 is 2.06 bits per heavy atom. The van der Waals surface area contributed by atoms with Gasteiger partial charge in [0.15, 0.2) is 17.3 Å². The van der Waals surface area contributed by atoms with E-state index >= 15 is 0 Å². The van der Waals surface area contributed by atoms with Gasteiger partial charge in [-0.25, -0.2) is 0 Å². The van der Waals surface area contributed by atoms with Crippen molar-refractivity contribution in [3.63, 3.8) is 0 Å². The molecule has 1 rings (SSSR count). The van der Waals surface area contributed by atoms with E-state index < -0.39 is 0 Å². The molecule has 0 atom stereocenters. The SMILES string of the molecule is COc1cc(Cl)cc(C(=O)CCN)c1OC. The van der Waals surface area contributed by atoms with E-state index in [-0.39, 0.29) is 18.7 Å². The molecular weight excluding hydrogens is 230 g/mol. The highest BCUT2D eigenvalue weighted by Crippen LogP contribution is 2.34. The van der Waals surface area contributed by atoms with Crippen LogP contribution in [0.3, 0.4) is 0 Å². The standard InChI is InChI=1S/C11H14ClNO3/c1-15-10-6-7(12)5-8(11(10)16-2)9(14)3-4-13/h5-6H,3-4,13H2,1-2H3. The van der Waals surface area contributed by atoms with Crippen molar-refractivity contribution in [2.24, 2.45) is 5.73 Å². The first-order valence-electron chi connectivity index (χ1n) is 4.78. The Hall–Kier alpha value is -1.26. The van der Waals surface area contributed by atoms with Crippen LogP contribution in [0.25, 0.3) is 0 Å². The molecule has 0 aliphatic rings. The molecule has 0 saturated carbocycles. The number of Topliss-reactive ketones (excluding diaryl/α,β-unsaturated/α-hetero) is 1. The number of nitrogens with two attached hydrogens (primary N) is 1. The second-order valence-electron chi connectivity index (χ2n) is 3.15. The molecule has 2 N–H and O–H groups in total. The summed E-state index contributed by atoms with van der Waals surface area (Å²) in [5, 5.41) is 0.429. The molecule has 0 unspecified atom stereocenters. The van der Waals surface area contributed by atoms with Crippen molar-refractivity contribution in [3.05, 3.63) is 22.7 Å². The molecule has 0 spiro atoms. The second kappa shape index (κ2) is 5.72. The minimum absolute atomic E-state index is 0.111. The van der Waals surface area contributed by atoms with E-state index in [4.69, 9.17) is 26.8 Å². The molecule has 1 aromatic carbocycles. The van der Waals surface area contributed by atoms with Gasteiger partial charge >= 0.3 is 0 Å². The van der Waals surface area contributed by atoms with Crippen LogP contribution in [0, 0.1) is 0 Å². The van der Waals surface area contributed by atoms with Gasteiger partial charge in [0, 0.05) is 17.5 Å². The maximum Gasteiger partial charge on any atom is 0.171 e. The van der Waals surface area contributed by atoms with E-state index in [0.717, 1.165) is 0 Å². The van der Waals surface area contributed by atoms with Gasteiger partial charge in [0.25, 0.3) is 0 Å². The van der Waals surface area contributed by atoms with Crippen LogP contribution in [0.2, 0.25) is 5.02 Å². The molecule has 0 amide bonds. The molecule has 0 aliphatic heterocycles. The first-order chi connectivity index (χ1) is 7.63. The first kappa shape index (κ1) is 12.8. The number of hydrogen-bond donors (Lipinski definition) is 1. The van der Waals surface area contributed by atoms with Crippen LogP contribution in [0.5, 0.6) is 11.5 Å². The first-order valence-corrected chi connectivity index (χ1v) is 5.16. The molecule has 88 valence electrons. The third-order valence-corrected chi connectivity index (χ3v) is 2.33. The van der Waals surface area contributed by atoms with Crippen molar-refractivity contribution < 1.29 is 14.3 Å². The second-order valence-corrected chi connectivity index (χ2v) is 3.59. The molecule has 5 heteroatoms. The number of carbonyl (C=O) groups excluding carboxylic acids is 1. The summed E-state index contributed by atoms with van der Waals surface area (Å²) >= 11 is 5.88. The molecule has 0 saturated heterocycles. The molecule has 0 bridgehead atoms. The van der Waals surface area contributed by atoms with Crippen molar-refractivity contribution in [2.75, 3.05) is 20.8 Å². The molecular formula is C11H14ClNO3. The molecule has 0 aliphatic carbocycles. The zero-order valence-corrected chi connectivity index (χ0v) is 10.0. The lowest BCUT2D eigenvalue weighted by Crippen LogP contribution is -2.10. The topological polar surface area (TPSA) is 61.5 Å². The summed E-state index contributed by atoms with van der Waals surface area (Å²) < 4.78 is 10.2. The van der Waals surface area contributed by atoms with E-state index in [1.54, 1.807) is 12.1 Å². The zero-order chi connectivity index (χ0) is 12.1. The molecule has 0 fully saturated rings. The Labute approximate surface area is 99.3 Å². The predicted molar refractivity (Wildman–Crippen MR) is 62.6 cm³/mol. The summed E-state index contributed by atoms with van der Waals surface area (Å²) in [4.78, 5) is 11.8. The average molecular weight is 244 g/mol. The maximum absolute atomic E-state index is 11.8. The normalized spacial score (nSPS) is 10.0. The summed E-state index contributed by atoms with van der Waals surface area (Å²) in [5.74, 6) is 0.723. The Morgan fingerprint density at radius 1 is 1.38 bits per heavy atom. The fourth-order valence-electron chi connectivity index (χ4n) is 1.40. The monoisotopic (exact) mass is 243 g/mol. The van der Waals surface area contributed by atoms with Crippen LogP contribution in [-0.4, -0.2) is 26.5 Å². The van der Waals surface area contributed by atoms with Gasteiger partial charge in [-0.2, -0.15) is 0 Å². The van der Waals surface area contributed by atoms with Crippen LogP contribution in [0.15, 0.2) is 12.1 Å². The highest BCUT2D eigenvalue weighted by molar-refractivity contribution is 6.31. The summed E-state index contributed by atoms with van der Waals surface area (Å²) in [7, 11) is 2.97. The van der Waals surface area contributed by atoms with E-state index in [2.05, 4.69) is 0 Å². The van der Waals surface area contributed by atoms with Gasteiger partial charge in [-0.1, -0.05) is 11.6 Å². The van der Waals surface area contributed by atoms with E-state index in [1.807, 2.05) is 0 Å². The number of hydrogen-bond acceptors (Lipinski definition) is 4. The fourth-order valence-corrected chi connectivity index (χ4v) is 1.61. The zero-order valence-electron chi connectivity index (χ0n) is 9.25. The summed E-state index contributed by atoms with van der Waals surface area (Å²) in [6.45, 7) is 0.289. The van der Waals surface area contributed by atoms with Crippen molar-refractivity contribution >= 4 is 17.4 Å². The Morgan fingerprint density at radius 3 is 2.56 bits per heavy atom. The molecule has 16 heavy (non-hydrogen) atoms. The van der Waals surface area contributed by atoms with Crippen molar-refractivity contribution in [1.29, 1.82) is 0 Å². The van der Waals surface area contributed by atoms with E-state index in [0.29, 0.717) is 22.1 Å². The van der Waals surface area contributed by atoms with Gasteiger partial charge in [-0.15, -0.1) is 0 Å². The lowest BCUT2D eigenvalue weighted by atomic mass is 10.1. The highest BCUT2D eigenvalue weighted by Gasteiger charge is 2.17. The largest absolute Gasteiger partial charge is 0.493 e. The van der Waals surface area contributed by atoms with E-state index in [9.17, 15) is 4.79 Å². The van der Waals surface area contributed by atoms with Crippen molar-refractivity contribution in [3.8, 4) is 11.5 Å².